The van der Waals surface area contributed by atoms with E-state index < -0.39 is 25.4 Å². The van der Waals surface area contributed by atoms with Crippen LogP contribution in [0.15, 0.2) is 29.2 Å². The molecule has 1 aromatic carbocycles. The third-order valence-corrected chi connectivity index (χ3v) is 6.93. The molecule has 9 heteroatoms. The van der Waals surface area contributed by atoms with Crippen LogP contribution in [0, 0.1) is 0 Å². The van der Waals surface area contributed by atoms with Crippen LogP contribution in [0.2, 0.25) is 0 Å². The van der Waals surface area contributed by atoms with Gasteiger partial charge in [0, 0.05) is 18.2 Å². The maximum atomic E-state index is 12.3. The van der Waals surface area contributed by atoms with E-state index in [1.54, 1.807) is 6.92 Å². The normalized spacial score (nSPS) is 24.1. The van der Waals surface area contributed by atoms with Crippen LogP contribution in [0.4, 0.5) is 5.69 Å². The Morgan fingerprint density at radius 1 is 1.23 bits per heavy atom. The molecule has 0 unspecified atom stereocenters. The average Bonchev–Trinajstić information content (AvgIpc) is 2.62. The van der Waals surface area contributed by atoms with Crippen molar-refractivity contribution in [2.45, 2.75) is 30.7 Å². The number of hydrogen-bond donors (Lipinski definition) is 2. The number of amides is 1. The fourth-order valence-electron chi connectivity index (χ4n) is 2.39. The maximum Gasteiger partial charge on any atom is 0.241 e. The van der Waals surface area contributed by atoms with Crippen LogP contribution in [0.3, 0.4) is 0 Å². The summed E-state index contributed by atoms with van der Waals surface area (Å²) in [4.78, 5) is 11.0. The molecular weight excluding hydrogens is 328 g/mol. The molecule has 22 heavy (non-hydrogen) atoms. The zero-order chi connectivity index (χ0) is 16.6. The van der Waals surface area contributed by atoms with Gasteiger partial charge in [-0.1, -0.05) is 0 Å². The van der Waals surface area contributed by atoms with Gasteiger partial charge in [0.2, 0.25) is 15.9 Å². The topological polar surface area (TPSA) is 109 Å². The number of nitrogens with one attached hydrogen (secondary N) is 2. The zero-order valence-electron chi connectivity index (χ0n) is 12.3. The Kier molecular flexibility index (Phi) is 4.33. The highest BCUT2D eigenvalue weighted by Crippen LogP contribution is 2.25. The second-order valence-corrected chi connectivity index (χ2v) is 9.58. The molecule has 0 radical (unpaired) electrons. The minimum absolute atomic E-state index is 0.0203. The minimum atomic E-state index is -3.82. The molecular formula is C13H18N2O5S2. The summed E-state index contributed by atoms with van der Waals surface area (Å²) in [6.07, 6.45) is 0.249. The average molecular weight is 346 g/mol. The van der Waals surface area contributed by atoms with Crippen LogP contribution in [0.5, 0.6) is 0 Å². The molecule has 1 atom stereocenters. The molecule has 0 saturated carbocycles. The van der Waals surface area contributed by atoms with Crippen molar-refractivity contribution in [1.29, 1.82) is 0 Å². The lowest BCUT2D eigenvalue weighted by Crippen LogP contribution is -2.46. The third kappa shape index (κ3) is 4.05. The van der Waals surface area contributed by atoms with Crippen molar-refractivity contribution in [3.63, 3.8) is 0 Å². The molecule has 1 aliphatic rings. The number of sulfone groups is 1. The van der Waals surface area contributed by atoms with Crippen LogP contribution >= 0.6 is 0 Å². The first-order chi connectivity index (χ1) is 10.0. The van der Waals surface area contributed by atoms with Crippen LogP contribution < -0.4 is 10.0 Å². The number of carbonyl (C=O) groups is 1. The van der Waals surface area contributed by atoms with E-state index >= 15 is 0 Å². The predicted molar refractivity (Wildman–Crippen MR) is 82.7 cm³/mol. The molecule has 0 spiro atoms. The first kappa shape index (κ1) is 16.9. The number of sulfonamides is 1. The summed E-state index contributed by atoms with van der Waals surface area (Å²) in [6.45, 7) is 2.94. The predicted octanol–water partition coefficient (Wildman–Crippen LogP) is 0.500. The van der Waals surface area contributed by atoms with Gasteiger partial charge >= 0.3 is 0 Å². The first-order valence-corrected chi connectivity index (χ1v) is 9.94. The number of benzene rings is 1. The van der Waals surface area contributed by atoms with Crippen molar-refractivity contribution in [1.82, 2.24) is 4.72 Å². The van der Waals surface area contributed by atoms with Crippen molar-refractivity contribution in [2.75, 3.05) is 16.8 Å². The lowest BCUT2D eigenvalue weighted by molar-refractivity contribution is -0.114. The highest BCUT2D eigenvalue weighted by molar-refractivity contribution is 7.92. The molecule has 2 rings (SSSR count). The molecule has 1 heterocycles. The zero-order valence-corrected chi connectivity index (χ0v) is 13.9. The first-order valence-electron chi connectivity index (χ1n) is 6.63. The van der Waals surface area contributed by atoms with Crippen molar-refractivity contribution in [3.8, 4) is 0 Å². The van der Waals surface area contributed by atoms with Gasteiger partial charge in [0.25, 0.3) is 0 Å². The Morgan fingerprint density at radius 2 is 1.82 bits per heavy atom. The Hall–Kier alpha value is -1.45. The molecule has 1 amide bonds. The molecule has 1 aromatic rings. The Labute approximate surface area is 130 Å². The maximum absolute atomic E-state index is 12.3. The van der Waals surface area contributed by atoms with E-state index in [0.717, 1.165) is 0 Å². The molecule has 1 aliphatic heterocycles. The standard InChI is InChI=1S/C13H18N2O5S2/c1-10(16)14-11-3-5-12(6-4-11)22(19,20)15-13(2)7-8-21(17,18)9-13/h3-6,15H,7-9H2,1-2H3,(H,14,16)/t13-/m1/s1. The van der Waals surface area contributed by atoms with Gasteiger partial charge in [-0.15, -0.1) is 0 Å². The van der Waals surface area contributed by atoms with Gasteiger partial charge in [0.05, 0.1) is 16.4 Å². The molecule has 7 nitrogen and oxygen atoms in total. The van der Waals surface area contributed by atoms with Crippen LogP contribution in [0.1, 0.15) is 20.3 Å². The van der Waals surface area contributed by atoms with E-state index in [9.17, 15) is 21.6 Å². The van der Waals surface area contributed by atoms with Crippen LogP contribution in [-0.4, -0.2) is 39.8 Å². The van der Waals surface area contributed by atoms with E-state index in [1.807, 2.05) is 0 Å². The minimum Gasteiger partial charge on any atom is -0.326 e. The molecule has 1 fully saturated rings. The highest BCUT2D eigenvalue weighted by Gasteiger charge is 2.41. The summed E-state index contributed by atoms with van der Waals surface area (Å²) in [5.41, 5.74) is -0.505. The van der Waals surface area contributed by atoms with E-state index in [0.29, 0.717) is 5.69 Å². The van der Waals surface area contributed by atoms with Crippen molar-refractivity contribution < 1.29 is 21.6 Å². The van der Waals surface area contributed by atoms with Gasteiger partial charge in [-0.2, -0.15) is 0 Å². The van der Waals surface area contributed by atoms with Gasteiger partial charge in [-0.05, 0) is 37.6 Å². The van der Waals surface area contributed by atoms with E-state index in [1.165, 1.54) is 31.2 Å². The van der Waals surface area contributed by atoms with E-state index in [-0.39, 0.29) is 28.7 Å². The van der Waals surface area contributed by atoms with Gasteiger partial charge in [-0.3, -0.25) is 4.79 Å². The van der Waals surface area contributed by atoms with Gasteiger partial charge < -0.3 is 5.32 Å². The van der Waals surface area contributed by atoms with E-state index in [2.05, 4.69) is 10.0 Å². The van der Waals surface area contributed by atoms with Crippen LogP contribution in [-0.2, 0) is 24.7 Å². The smallest absolute Gasteiger partial charge is 0.241 e. The lowest BCUT2D eigenvalue weighted by Gasteiger charge is -2.23. The Bertz CT molecular complexity index is 784. The largest absolute Gasteiger partial charge is 0.326 e. The van der Waals surface area contributed by atoms with Crippen LogP contribution in [0.25, 0.3) is 0 Å². The molecule has 122 valence electrons. The van der Waals surface area contributed by atoms with E-state index in [4.69, 9.17) is 0 Å². The fraction of sp³-hybridized carbons (Fsp3) is 0.462. The molecule has 0 aliphatic carbocycles. The van der Waals surface area contributed by atoms with Crippen molar-refractivity contribution >= 4 is 31.5 Å². The summed E-state index contributed by atoms with van der Waals surface area (Å²) in [5.74, 6) is -0.478. The molecule has 1 saturated heterocycles. The molecule has 0 aromatic heterocycles. The van der Waals surface area contributed by atoms with Crippen molar-refractivity contribution in [3.05, 3.63) is 24.3 Å². The summed E-state index contributed by atoms with van der Waals surface area (Å²) < 4.78 is 50.2. The lowest BCUT2D eigenvalue weighted by atomic mass is 10.0. The summed E-state index contributed by atoms with van der Waals surface area (Å²) in [5, 5.41) is 2.54. The second-order valence-electron chi connectivity index (χ2n) is 5.71. The Balaban J connectivity index is 2.19. The molecule has 0 bridgehead atoms. The van der Waals surface area contributed by atoms with Gasteiger partial charge in [0.1, 0.15) is 0 Å². The summed E-state index contributed by atoms with van der Waals surface area (Å²) in [7, 11) is -7.03. The van der Waals surface area contributed by atoms with Gasteiger partial charge in [0.15, 0.2) is 9.84 Å². The van der Waals surface area contributed by atoms with Crippen molar-refractivity contribution in [2.24, 2.45) is 0 Å². The summed E-state index contributed by atoms with van der Waals surface area (Å²) in [6, 6.07) is 5.67. The van der Waals surface area contributed by atoms with Gasteiger partial charge in [-0.25, -0.2) is 21.6 Å². The second kappa shape index (κ2) is 5.64. The SMILES string of the molecule is CC(=O)Nc1ccc(S(=O)(=O)N[C@]2(C)CCS(=O)(=O)C2)cc1. The number of anilines is 1. The summed E-state index contributed by atoms with van der Waals surface area (Å²) >= 11 is 0. The Morgan fingerprint density at radius 3 is 2.27 bits per heavy atom. The number of rotatable bonds is 4. The number of hydrogen-bond acceptors (Lipinski definition) is 5. The quantitative estimate of drug-likeness (QED) is 0.825. The fourth-order valence-corrected chi connectivity index (χ4v) is 6.01. The number of carbonyl (C=O) groups excluding carboxylic acids is 1. The monoisotopic (exact) mass is 346 g/mol. The third-order valence-electron chi connectivity index (χ3n) is 3.37. The molecule has 2 N–H and O–H groups in total. The highest BCUT2D eigenvalue weighted by atomic mass is 32.2.